The van der Waals surface area contributed by atoms with E-state index in [1.54, 1.807) is 0 Å². The first-order valence-electron chi connectivity index (χ1n) is 5.74. The molecule has 0 amide bonds. The summed E-state index contributed by atoms with van der Waals surface area (Å²) in [5.41, 5.74) is 8.43. The zero-order chi connectivity index (χ0) is 13.4. The van der Waals surface area contributed by atoms with Crippen LogP contribution in [-0.2, 0) is 11.3 Å². The van der Waals surface area contributed by atoms with E-state index in [0.717, 1.165) is 27.6 Å². The molecule has 18 heavy (non-hydrogen) atoms. The highest BCUT2D eigenvalue weighted by Crippen LogP contribution is 2.32. The van der Waals surface area contributed by atoms with Crippen molar-refractivity contribution in [2.45, 2.75) is 26.4 Å². The lowest BCUT2D eigenvalue weighted by Crippen LogP contribution is -2.21. The Morgan fingerprint density at radius 2 is 2.22 bits per heavy atom. The van der Waals surface area contributed by atoms with Crippen molar-refractivity contribution in [3.63, 3.8) is 0 Å². The molecule has 1 aromatic heterocycles. The zero-order valence-electron chi connectivity index (χ0n) is 10.3. The molecule has 4 nitrogen and oxygen atoms in total. The van der Waals surface area contributed by atoms with Gasteiger partial charge in [-0.15, -0.1) is 0 Å². The van der Waals surface area contributed by atoms with Crippen LogP contribution in [-0.4, -0.2) is 15.6 Å². The third kappa shape index (κ3) is 1.93. The fourth-order valence-electron chi connectivity index (χ4n) is 2.40. The van der Waals surface area contributed by atoms with E-state index < -0.39 is 12.0 Å². The Morgan fingerprint density at radius 3 is 2.78 bits per heavy atom. The summed E-state index contributed by atoms with van der Waals surface area (Å²) in [6.45, 7) is 4.73. The molecule has 0 aliphatic rings. The fraction of sp³-hybridized carbons (Fsp3) is 0.308. The number of hydrogen-bond donors (Lipinski definition) is 2. The standard InChI is InChI=1S/C13H15BrN2O2/c1-3-16-7(2)11(12(15)13(17)18)9-6-8(14)4-5-10(9)16/h4-6,12H,3,15H2,1-2H3,(H,17,18). The Bertz CT molecular complexity index is 619. The minimum Gasteiger partial charge on any atom is -0.480 e. The lowest BCUT2D eigenvalue weighted by molar-refractivity contribution is -0.138. The monoisotopic (exact) mass is 310 g/mol. The topological polar surface area (TPSA) is 68.2 Å². The van der Waals surface area contributed by atoms with Gasteiger partial charge in [0, 0.05) is 33.2 Å². The highest BCUT2D eigenvalue weighted by Gasteiger charge is 2.23. The van der Waals surface area contributed by atoms with E-state index >= 15 is 0 Å². The van der Waals surface area contributed by atoms with Crippen LogP contribution in [0.15, 0.2) is 22.7 Å². The van der Waals surface area contributed by atoms with Crippen LogP contribution < -0.4 is 5.73 Å². The molecule has 0 radical (unpaired) electrons. The van der Waals surface area contributed by atoms with Gasteiger partial charge >= 0.3 is 5.97 Å². The molecule has 0 saturated carbocycles. The number of aliphatic carboxylic acids is 1. The molecule has 1 aromatic carbocycles. The van der Waals surface area contributed by atoms with Gasteiger partial charge in [0.05, 0.1) is 0 Å². The van der Waals surface area contributed by atoms with Crippen molar-refractivity contribution in [2.24, 2.45) is 5.73 Å². The summed E-state index contributed by atoms with van der Waals surface area (Å²) < 4.78 is 3.00. The van der Waals surface area contributed by atoms with Crippen molar-refractivity contribution in [3.05, 3.63) is 33.9 Å². The van der Waals surface area contributed by atoms with Gasteiger partial charge in [-0.05, 0) is 32.0 Å². The van der Waals surface area contributed by atoms with E-state index in [0.29, 0.717) is 5.56 Å². The normalized spacial score (nSPS) is 12.9. The molecule has 1 atom stereocenters. The predicted molar refractivity (Wildman–Crippen MR) is 74.6 cm³/mol. The lowest BCUT2D eigenvalue weighted by Gasteiger charge is -2.08. The molecule has 1 heterocycles. The summed E-state index contributed by atoms with van der Waals surface area (Å²) in [7, 11) is 0. The Labute approximate surface area is 114 Å². The number of rotatable bonds is 3. The Morgan fingerprint density at radius 1 is 1.56 bits per heavy atom. The molecule has 3 N–H and O–H groups in total. The summed E-state index contributed by atoms with van der Waals surface area (Å²) in [6, 6.07) is 4.86. The van der Waals surface area contributed by atoms with Crippen molar-refractivity contribution >= 4 is 32.8 Å². The molecule has 0 bridgehead atoms. The molecule has 2 rings (SSSR count). The van der Waals surface area contributed by atoms with E-state index in [2.05, 4.69) is 20.5 Å². The summed E-state index contributed by atoms with van der Waals surface area (Å²) in [5, 5.41) is 10.0. The third-order valence-electron chi connectivity index (χ3n) is 3.23. The number of benzene rings is 1. The van der Waals surface area contributed by atoms with Gasteiger partial charge in [0.2, 0.25) is 0 Å². The first kappa shape index (κ1) is 13.1. The summed E-state index contributed by atoms with van der Waals surface area (Å²) >= 11 is 3.41. The molecule has 0 saturated heterocycles. The first-order valence-corrected chi connectivity index (χ1v) is 6.53. The maximum atomic E-state index is 11.1. The Balaban J connectivity index is 2.82. The number of nitrogens with zero attached hydrogens (tertiary/aromatic N) is 1. The van der Waals surface area contributed by atoms with Crippen LogP contribution in [0.1, 0.15) is 24.2 Å². The number of fused-ring (bicyclic) bond motifs is 1. The lowest BCUT2D eigenvalue weighted by atomic mass is 10.0. The minimum absolute atomic E-state index is 0.695. The first-order chi connectivity index (χ1) is 8.47. The number of nitrogens with two attached hydrogens (primary N) is 1. The average Bonchev–Trinajstić information content (AvgIpc) is 2.59. The Kier molecular flexibility index (Phi) is 3.45. The molecule has 5 heteroatoms. The van der Waals surface area contributed by atoms with Crippen LogP contribution in [0.25, 0.3) is 10.9 Å². The van der Waals surface area contributed by atoms with Crippen LogP contribution in [0, 0.1) is 6.92 Å². The van der Waals surface area contributed by atoms with E-state index in [4.69, 9.17) is 10.8 Å². The van der Waals surface area contributed by atoms with Crippen LogP contribution in [0.4, 0.5) is 0 Å². The van der Waals surface area contributed by atoms with E-state index in [9.17, 15) is 4.79 Å². The smallest absolute Gasteiger partial charge is 0.325 e. The predicted octanol–water partition coefficient (Wildman–Crippen LogP) is 2.82. The second-order valence-electron chi connectivity index (χ2n) is 4.22. The molecular weight excluding hydrogens is 296 g/mol. The Hall–Kier alpha value is -1.33. The maximum absolute atomic E-state index is 11.1. The quantitative estimate of drug-likeness (QED) is 0.916. The van der Waals surface area contributed by atoms with Crippen molar-refractivity contribution in [1.29, 1.82) is 0 Å². The summed E-state index contributed by atoms with van der Waals surface area (Å²) in [5.74, 6) is -1.01. The number of aryl methyl sites for hydroxylation is 1. The number of carboxylic acid groups (broad SMARTS) is 1. The average molecular weight is 311 g/mol. The highest BCUT2D eigenvalue weighted by atomic mass is 79.9. The number of aromatic nitrogens is 1. The van der Waals surface area contributed by atoms with Gasteiger partial charge in [0.15, 0.2) is 0 Å². The van der Waals surface area contributed by atoms with Crippen molar-refractivity contribution in [3.8, 4) is 0 Å². The van der Waals surface area contributed by atoms with Crippen molar-refractivity contribution in [2.75, 3.05) is 0 Å². The van der Waals surface area contributed by atoms with E-state index in [1.165, 1.54) is 0 Å². The number of carbonyl (C=O) groups is 1. The highest BCUT2D eigenvalue weighted by molar-refractivity contribution is 9.10. The number of carboxylic acids is 1. The third-order valence-corrected chi connectivity index (χ3v) is 3.72. The summed E-state index contributed by atoms with van der Waals surface area (Å²) in [4.78, 5) is 11.1. The van der Waals surface area contributed by atoms with Crippen LogP contribution >= 0.6 is 15.9 Å². The largest absolute Gasteiger partial charge is 0.480 e. The fourth-order valence-corrected chi connectivity index (χ4v) is 2.76. The zero-order valence-corrected chi connectivity index (χ0v) is 11.9. The van der Waals surface area contributed by atoms with Crippen LogP contribution in [0.3, 0.4) is 0 Å². The van der Waals surface area contributed by atoms with Gasteiger partial charge < -0.3 is 15.4 Å². The second-order valence-corrected chi connectivity index (χ2v) is 5.14. The van der Waals surface area contributed by atoms with Gasteiger partial charge in [-0.1, -0.05) is 15.9 Å². The molecular formula is C13H15BrN2O2. The molecule has 0 spiro atoms. The SMILES string of the molecule is CCn1c(C)c(C(N)C(=O)O)c2cc(Br)ccc21. The molecule has 1 unspecified atom stereocenters. The van der Waals surface area contributed by atoms with Gasteiger partial charge in [-0.2, -0.15) is 0 Å². The number of halogens is 1. The van der Waals surface area contributed by atoms with Gasteiger partial charge in [-0.25, -0.2) is 0 Å². The molecule has 0 aliphatic carbocycles. The summed E-state index contributed by atoms with van der Waals surface area (Å²) in [6.07, 6.45) is 0. The van der Waals surface area contributed by atoms with E-state index in [-0.39, 0.29) is 0 Å². The van der Waals surface area contributed by atoms with Crippen LogP contribution in [0.2, 0.25) is 0 Å². The number of hydrogen-bond acceptors (Lipinski definition) is 2. The van der Waals surface area contributed by atoms with Crippen LogP contribution in [0.5, 0.6) is 0 Å². The second kappa shape index (κ2) is 4.74. The maximum Gasteiger partial charge on any atom is 0.325 e. The molecule has 0 fully saturated rings. The van der Waals surface area contributed by atoms with Crippen molar-refractivity contribution < 1.29 is 9.90 Å². The molecule has 2 aromatic rings. The van der Waals surface area contributed by atoms with Gasteiger partial charge in [0.25, 0.3) is 0 Å². The molecule has 0 aliphatic heterocycles. The van der Waals surface area contributed by atoms with Gasteiger partial charge in [0.1, 0.15) is 6.04 Å². The van der Waals surface area contributed by atoms with E-state index in [1.807, 2.05) is 32.0 Å². The van der Waals surface area contributed by atoms with Gasteiger partial charge in [-0.3, -0.25) is 4.79 Å². The molecule has 96 valence electrons. The van der Waals surface area contributed by atoms with Crippen molar-refractivity contribution in [1.82, 2.24) is 4.57 Å². The minimum atomic E-state index is -1.01.